The first kappa shape index (κ1) is 15.8. The van der Waals surface area contributed by atoms with Gasteiger partial charge >= 0.3 is 0 Å². The maximum Gasteiger partial charge on any atom is 0.148 e. The van der Waals surface area contributed by atoms with Crippen LogP contribution in [0.1, 0.15) is 22.7 Å². The van der Waals surface area contributed by atoms with Crippen LogP contribution in [0.2, 0.25) is 10.0 Å². The fourth-order valence-electron chi connectivity index (χ4n) is 2.11. The van der Waals surface area contributed by atoms with Gasteiger partial charge in [-0.05, 0) is 53.2 Å². The summed E-state index contributed by atoms with van der Waals surface area (Å²) in [5.41, 5.74) is 2.34. The van der Waals surface area contributed by atoms with E-state index in [4.69, 9.17) is 23.2 Å². The minimum atomic E-state index is -0.447. The van der Waals surface area contributed by atoms with Gasteiger partial charge in [0.1, 0.15) is 5.82 Å². The maximum atomic E-state index is 14.4. The first-order valence-corrected chi connectivity index (χ1v) is 7.57. The summed E-state index contributed by atoms with van der Waals surface area (Å²) in [7, 11) is 1.76. The Labute approximate surface area is 136 Å². The van der Waals surface area contributed by atoms with Crippen molar-refractivity contribution >= 4 is 39.1 Å². The molecule has 0 aliphatic heterocycles. The van der Waals surface area contributed by atoms with Gasteiger partial charge in [0.15, 0.2) is 0 Å². The highest BCUT2D eigenvalue weighted by molar-refractivity contribution is 9.10. The average molecular weight is 377 g/mol. The quantitative estimate of drug-likeness (QED) is 0.696. The van der Waals surface area contributed by atoms with Crippen molar-refractivity contribution < 1.29 is 4.39 Å². The minimum absolute atomic E-state index is 0.0750. The summed E-state index contributed by atoms with van der Waals surface area (Å²) >= 11 is 15.4. The summed E-state index contributed by atoms with van der Waals surface area (Å²) in [5, 5.41) is 3.76. The largest absolute Gasteiger partial charge is 0.309 e. The molecule has 0 aliphatic carbocycles. The molecule has 1 N–H and O–H groups in total. The third-order valence-electron chi connectivity index (χ3n) is 3.13. The number of benzene rings is 2. The second-order valence-corrected chi connectivity index (χ2v) is 6.15. The molecule has 2 aromatic carbocycles. The smallest absolute Gasteiger partial charge is 0.148 e. The van der Waals surface area contributed by atoms with Crippen LogP contribution >= 0.6 is 39.1 Å². The number of hydrogen-bond acceptors (Lipinski definition) is 1. The molecule has 1 nitrogen and oxygen atoms in total. The lowest BCUT2D eigenvalue weighted by Crippen LogP contribution is -2.19. The van der Waals surface area contributed by atoms with E-state index < -0.39 is 5.82 Å². The predicted octanol–water partition coefficient (Wildman–Crippen LogP) is 5.51. The number of hydrogen-bond donors (Lipinski definition) is 1. The zero-order valence-electron chi connectivity index (χ0n) is 11.0. The maximum absolute atomic E-state index is 14.4. The van der Waals surface area contributed by atoms with Gasteiger partial charge in [-0.25, -0.2) is 4.39 Å². The van der Waals surface area contributed by atoms with Crippen LogP contribution in [0.15, 0.2) is 34.8 Å². The van der Waals surface area contributed by atoms with E-state index in [0.717, 1.165) is 11.1 Å². The summed E-state index contributed by atoms with van der Waals surface area (Å²) in [6.07, 6.45) is 0. The van der Waals surface area contributed by atoms with Gasteiger partial charge in [-0.15, -0.1) is 0 Å². The number of aryl methyl sites for hydroxylation is 1. The second-order valence-electron chi connectivity index (χ2n) is 4.51. The molecule has 2 rings (SSSR count). The molecule has 1 atom stereocenters. The van der Waals surface area contributed by atoms with Crippen molar-refractivity contribution in [3.63, 3.8) is 0 Å². The van der Waals surface area contributed by atoms with Crippen molar-refractivity contribution in [1.29, 1.82) is 0 Å². The molecule has 0 heterocycles. The van der Waals surface area contributed by atoms with Gasteiger partial charge in [0.05, 0.1) is 11.1 Å². The van der Waals surface area contributed by atoms with Crippen molar-refractivity contribution in [2.24, 2.45) is 0 Å². The minimum Gasteiger partial charge on any atom is -0.309 e. The summed E-state index contributed by atoms with van der Waals surface area (Å²) in [4.78, 5) is 0. The second kappa shape index (κ2) is 6.44. The summed E-state index contributed by atoms with van der Waals surface area (Å²) < 4.78 is 14.9. The van der Waals surface area contributed by atoms with Crippen LogP contribution in [0.3, 0.4) is 0 Å². The molecule has 5 heteroatoms. The third kappa shape index (κ3) is 3.01. The summed E-state index contributed by atoms with van der Waals surface area (Å²) in [6.45, 7) is 1.96. The van der Waals surface area contributed by atoms with E-state index in [9.17, 15) is 4.39 Å². The van der Waals surface area contributed by atoms with Crippen molar-refractivity contribution in [3.8, 4) is 0 Å². The van der Waals surface area contributed by atoms with Gasteiger partial charge in [-0.3, -0.25) is 0 Å². The van der Waals surface area contributed by atoms with Crippen molar-refractivity contribution in [1.82, 2.24) is 5.32 Å². The zero-order valence-corrected chi connectivity index (χ0v) is 14.1. The summed E-state index contributed by atoms with van der Waals surface area (Å²) in [5.74, 6) is -0.447. The Balaban J connectivity index is 2.55. The van der Waals surface area contributed by atoms with Crippen molar-refractivity contribution in [2.75, 3.05) is 7.05 Å². The van der Waals surface area contributed by atoms with E-state index in [2.05, 4.69) is 21.2 Å². The highest BCUT2D eigenvalue weighted by Gasteiger charge is 2.21. The van der Waals surface area contributed by atoms with E-state index >= 15 is 0 Å². The molecule has 0 saturated heterocycles. The molecule has 0 spiro atoms. The Morgan fingerprint density at radius 1 is 1.15 bits per heavy atom. The SMILES string of the molecule is CNC(c1ccc(C)cc1Cl)c1ccc(Br)c(Cl)c1F. The van der Waals surface area contributed by atoms with Crippen LogP contribution in [0.4, 0.5) is 4.39 Å². The first-order valence-electron chi connectivity index (χ1n) is 6.02. The molecule has 106 valence electrons. The first-order chi connectivity index (χ1) is 9.45. The van der Waals surface area contributed by atoms with E-state index in [-0.39, 0.29) is 11.1 Å². The Hall–Kier alpha value is -0.610. The molecule has 0 saturated carbocycles. The monoisotopic (exact) mass is 375 g/mol. The molecule has 0 amide bonds. The lowest BCUT2D eigenvalue weighted by Gasteiger charge is -2.20. The van der Waals surface area contributed by atoms with Crippen LogP contribution in [-0.4, -0.2) is 7.05 Å². The molecular formula is C15H13BrCl2FN. The number of halogens is 4. The molecular weight excluding hydrogens is 364 g/mol. The standard InChI is InChI=1S/C15H13BrCl2FN/c1-8-3-4-9(12(17)7-8)15(20-2)10-5-6-11(16)13(18)14(10)19/h3-7,15,20H,1-2H3. The molecule has 0 aromatic heterocycles. The zero-order chi connectivity index (χ0) is 14.9. The lowest BCUT2D eigenvalue weighted by atomic mass is 9.97. The fraction of sp³-hybridized carbons (Fsp3) is 0.200. The third-order valence-corrected chi connectivity index (χ3v) is 4.72. The number of rotatable bonds is 3. The average Bonchev–Trinajstić information content (AvgIpc) is 2.41. The Bertz CT molecular complexity index is 646. The molecule has 20 heavy (non-hydrogen) atoms. The van der Waals surface area contributed by atoms with Crippen LogP contribution < -0.4 is 5.32 Å². The Morgan fingerprint density at radius 2 is 1.80 bits per heavy atom. The highest BCUT2D eigenvalue weighted by Crippen LogP contribution is 2.35. The molecule has 0 fully saturated rings. The van der Waals surface area contributed by atoms with Gasteiger partial charge in [-0.1, -0.05) is 41.4 Å². The van der Waals surface area contributed by atoms with Crippen LogP contribution in [0, 0.1) is 12.7 Å². The topological polar surface area (TPSA) is 12.0 Å². The van der Waals surface area contributed by atoms with Crippen LogP contribution in [0.25, 0.3) is 0 Å². The highest BCUT2D eigenvalue weighted by atomic mass is 79.9. The van der Waals surface area contributed by atoms with E-state index in [1.807, 2.05) is 25.1 Å². The lowest BCUT2D eigenvalue weighted by molar-refractivity contribution is 0.576. The molecule has 0 aliphatic rings. The van der Waals surface area contributed by atoms with Crippen molar-refractivity contribution in [2.45, 2.75) is 13.0 Å². The Morgan fingerprint density at radius 3 is 2.40 bits per heavy atom. The van der Waals surface area contributed by atoms with E-state index in [1.165, 1.54) is 0 Å². The predicted molar refractivity (Wildman–Crippen MR) is 86.2 cm³/mol. The number of nitrogens with one attached hydrogen (secondary N) is 1. The Kier molecular flexibility index (Phi) is 5.08. The van der Waals surface area contributed by atoms with Gasteiger partial charge < -0.3 is 5.32 Å². The molecule has 1 unspecified atom stereocenters. The van der Waals surface area contributed by atoms with Gasteiger partial charge in [0.2, 0.25) is 0 Å². The molecule has 2 aromatic rings. The molecule has 0 bridgehead atoms. The van der Waals surface area contributed by atoms with Gasteiger partial charge in [0.25, 0.3) is 0 Å². The summed E-state index contributed by atoms with van der Waals surface area (Å²) in [6, 6.07) is 8.78. The van der Waals surface area contributed by atoms with E-state index in [1.54, 1.807) is 19.2 Å². The van der Waals surface area contributed by atoms with Crippen LogP contribution in [0.5, 0.6) is 0 Å². The van der Waals surface area contributed by atoms with Crippen molar-refractivity contribution in [3.05, 3.63) is 67.4 Å². The van der Waals surface area contributed by atoms with Gasteiger partial charge in [0, 0.05) is 15.1 Å². The molecule has 0 radical (unpaired) electrons. The van der Waals surface area contributed by atoms with Gasteiger partial charge in [-0.2, -0.15) is 0 Å². The van der Waals surface area contributed by atoms with E-state index in [0.29, 0.717) is 15.1 Å². The van der Waals surface area contributed by atoms with Crippen LogP contribution in [-0.2, 0) is 0 Å². The fourth-order valence-corrected chi connectivity index (χ4v) is 2.93. The normalized spacial score (nSPS) is 12.5.